The fourth-order valence-corrected chi connectivity index (χ4v) is 2.49. The second-order valence-corrected chi connectivity index (χ2v) is 6.02. The van der Waals surface area contributed by atoms with Gasteiger partial charge >= 0.3 is 29.6 Å². The number of hydrogen-bond acceptors (Lipinski definition) is 6. The SMILES string of the molecule is O=S(=O)([O-])OCCS(=O)(=O)c1ccccc1.[Na+]. The molecule has 0 saturated carbocycles. The quantitative estimate of drug-likeness (QED) is 0.324. The molecule has 9 heteroatoms. The van der Waals surface area contributed by atoms with Crippen molar-refractivity contribution >= 4 is 20.2 Å². The summed E-state index contributed by atoms with van der Waals surface area (Å²) in [7, 11) is -8.45. The molecule has 0 aliphatic carbocycles. The Labute approximate surface area is 122 Å². The molecule has 0 radical (unpaired) electrons. The van der Waals surface area contributed by atoms with Crippen molar-refractivity contribution < 1.29 is 55.1 Å². The van der Waals surface area contributed by atoms with Crippen LogP contribution in [0, 0.1) is 0 Å². The van der Waals surface area contributed by atoms with Crippen molar-refractivity contribution in [3.8, 4) is 0 Å². The van der Waals surface area contributed by atoms with Crippen molar-refractivity contribution in [3.05, 3.63) is 30.3 Å². The summed E-state index contributed by atoms with van der Waals surface area (Å²) in [6.45, 7) is -0.678. The van der Waals surface area contributed by atoms with Gasteiger partial charge in [0.1, 0.15) is 0 Å². The molecule has 17 heavy (non-hydrogen) atoms. The van der Waals surface area contributed by atoms with Gasteiger partial charge in [0.05, 0.1) is 17.3 Å². The monoisotopic (exact) mass is 288 g/mol. The summed E-state index contributed by atoms with van der Waals surface area (Å²) in [4.78, 5) is 0.0573. The molecule has 0 bridgehead atoms. The molecule has 0 amide bonds. The number of rotatable bonds is 5. The van der Waals surface area contributed by atoms with Crippen LogP contribution in [0.5, 0.6) is 0 Å². The van der Waals surface area contributed by atoms with Gasteiger partial charge in [0.15, 0.2) is 9.84 Å². The van der Waals surface area contributed by atoms with E-state index >= 15 is 0 Å². The summed E-state index contributed by atoms with van der Waals surface area (Å²) in [6.07, 6.45) is 0. The molecule has 1 aromatic rings. The molecular formula is C8H9NaO6S2. The first kappa shape index (κ1) is 17.0. The predicted octanol–water partition coefficient (Wildman–Crippen LogP) is -3.06. The molecule has 1 rings (SSSR count). The molecule has 0 unspecified atom stereocenters. The summed E-state index contributed by atoms with van der Waals surface area (Å²) < 4.78 is 57.1. The van der Waals surface area contributed by atoms with Crippen LogP contribution < -0.4 is 29.6 Å². The Bertz CT molecular complexity index is 537. The molecule has 0 N–H and O–H groups in total. The number of sulfone groups is 1. The second-order valence-electron chi connectivity index (χ2n) is 2.86. The van der Waals surface area contributed by atoms with Crippen LogP contribution in [-0.4, -0.2) is 33.7 Å². The first-order valence-corrected chi connectivity index (χ1v) is 7.18. The Morgan fingerprint density at radius 3 is 2.06 bits per heavy atom. The topological polar surface area (TPSA) is 101 Å². The Morgan fingerprint density at radius 2 is 1.59 bits per heavy atom. The molecule has 0 aliphatic heterocycles. The van der Waals surface area contributed by atoms with Gasteiger partial charge in [-0.1, -0.05) is 18.2 Å². The third-order valence-electron chi connectivity index (χ3n) is 1.68. The smallest absolute Gasteiger partial charge is 0.726 e. The van der Waals surface area contributed by atoms with Crippen LogP contribution in [0.4, 0.5) is 0 Å². The van der Waals surface area contributed by atoms with E-state index in [-0.39, 0.29) is 34.5 Å². The van der Waals surface area contributed by atoms with E-state index in [1.807, 2.05) is 0 Å². The van der Waals surface area contributed by atoms with Crippen molar-refractivity contribution in [2.24, 2.45) is 0 Å². The maximum Gasteiger partial charge on any atom is 1.00 e. The fraction of sp³-hybridized carbons (Fsp3) is 0.250. The van der Waals surface area contributed by atoms with Crippen LogP contribution in [0.1, 0.15) is 0 Å². The minimum Gasteiger partial charge on any atom is -0.726 e. The van der Waals surface area contributed by atoms with Gasteiger partial charge in [0.25, 0.3) is 0 Å². The average molecular weight is 288 g/mol. The van der Waals surface area contributed by atoms with Gasteiger partial charge in [-0.2, -0.15) is 0 Å². The van der Waals surface area contributed by atoms with Crippen molar-refractivity contribution in [1.82, 2.24) is 0 Å². The van der Waals surface area contributed by atoms with Crippen molar-refractivity contribution in [1.29, 1.82) is 0 Å². The fourth-order valence-electron chi connectivity index (χ4n) is 0.991. The zero-order chi connectivity index (χ0) is 12.2. The minimum atomic E-state index is -4.84. The average Bonchev–Trinajstić information content (AvgIpc) is 2.17. The normalized spacial score (nSPS) is 11.8. The van der Waals surface area contributed by atoms with Gasteiger partial charge in [-0.15, -0.1) is 0 Å². The molecular weight excluding hydrogens is 279 g/mol. The summed E-state index contributed by atoms with van der Waals surface area (Å²) in [5.74, 6) is -0.557. The van der Waals surface area contributed by atoms with E-state index in [9.17, 15) is 21.4 Å². The predicted molar refractivity (Wildman–Crippen MR) is 54.1 cm³/mol. The molecule has 0 spiro atoms. The molecule has 0 aromatic heterocycles. The van der Waals surface area contributed by atoms with Gasteiger partial charge in [0, 0.05) is 0 Å². The number of benzene rings is 1. The molecule has 6 nitrogen and oxygen atoms in total. The third kappa shape index (κ3) is 6.51. The maximum absolute atomic E-state index is 11.5. The molecule has 1 aromatic carbocycles. The van der Waals surface area contributed by atoms with E-state index in [2.05, 4.69) is 4.18 Å². The van der Waals surface area contributed by atoms with Gasteiger partial charge in [-0.3, -0.25) is 4.18 Å². The van der Waals surface area contributed by atoms with Crippen molar-refractivity contribution in [3.63, 3.8) is 0 Å². The standard InChI is InChI=1S/C8H10O6S2.Na/c9-15(10,7-6-14-16(11,12)13)8-4-2-1-3-5-8;/h1-5H,6-7H2,(H,11,12,13);/q;+1/p-1. The van der Waals surface area contributed by atoms with Crippen molar-refractivity contribution in [2.45, 2.75) is 4.90 Å². The summed E-state index contributed by atoms with van der Waals surface area (Å²) in [5, 5.41) is 0. The Balaban J connectivity index is 0.00000256. The first-order valence-electron chi connectivity index (χ1n) is 4.19. The summed E-state index contributed by atoms with van der Waals surface area (Å²) >= 11 is 0. The zero-order valence-electron chi connectivity index (χ0n) is 9.07. The van der Waals surface area contributed by atoms with Crippen LogP contribution >= 0.6 is 0 Å². The van der Waals surface area contributed by atoms with E-state index in [4.69, 9.17) is 0 Å². The molecule has 0 aliphatic rings. The van der Waals surface area contributed by atoms with E-state index in [0.29, 0.717) is 0 Å². The largest absolute Gasteiger partial charge is 1.00 e. The molecule has 90 valence electrons. The Kier molecular flexibility index (Phi) is 6.85. The van der Waals surface area contributed by atoms with Gasteiger partial charge in [-0.25, -0.2) is 16.8 Å². The first-order chi connectivity index (χ1) is 7.31. The minimum absolute atomic E-state index is 0. The maximum atomic E-state index is 11.5. The second kappa shape index (κ2) is 6.83. The van der Waals surface area contributed by atoms with Crippen LogP contribution in [0.15, 0.2) is 35.2 Å². The van der Waals surface area contributed by atoms with E-state index < -0.39 is 32.6 Å². The van der Waals surface area contributed by atoms with Crippen LogP contribution in [0.3, 0.4) is 0 Å². The van der Waals surface area contributed by atoms with Crippen LogP contribution in [0.2, 0.25) is 0 Å². The Hall–Kier alpha value is 0.0400. The third-order valence-corrected chi connectivity index (χ3v) is 3.83. The van der Waals surface area contributed by atoms with E-state index in [1.54, 1.807) is 6.07 Å². The molecule has 0 atom stereocenters. The summed E-state index contributed by atoms with van der Waals surface area (Å²) in [6, 6.07) is 7.48. The molecule has 0 fully saturated rings. The molecule has 0 saturated heterocycles. The van der Waals surface area contributed by atoms with Crippen molar-refractivity contribution in [2.75, 3.05) is 12.4 Å². The van der Waals surface area contributed by atoms with Crippen LogP contribution in [-0.2, 0) is 24.4 Å². The van der Waals surface area contributed by atoms with Crippen LogP contribution in [0.25, 0.3) is 0 Å². The number of hydrogen-bond donors (Lipinski definition) is 0. The van der Waals surface area contributed by atoms with Gasteiger partial charge < -0.3 is 4.55 Å². The van der Waals surface area contributed by atoms with Gasteiger partial charge in [0.2, 0.25) is 10.4 Å². The van der Waals surface area contributed by atoms with E-state index in [0.717, 1.165) is 0 Å². The van der Waals surface area contributed by atoms with E-state index in [1.165, 1.54) is 24.3 Å². The zero-order valence-corrected chi connectivity index (χ0v) is 12.7. The Morgan fingerprint density at radius 1 is 1.06 bits per heavy atom. The molecule has 0 heterocycles. The van der Waals surface area contributed by atoms with Gasteiger partial charge in [-0.05, 0) is 12.1 Å². The summed E-state index contributed by atoms with van der Waals surface area (Å²) in [5.41, 5.74) is 0.